The van der Waals surface area contributed by atoms with Gasteiger partial charge in [0.15, 0.2) is 0 Å². The fraction of sp³-hybridized carbons (Fsp3) is 0.217. The maximum Gasteiger partial charge on any atom is 0.433 e. The summed E-state index contributed by atoms with van der Waals surface area (Å²) in [5.41, 5.74) is 3.52. The smallest absolute Gasteiger partial charge is 0.372 e. The first-order chi connectivity index (χ1) is 16.2. The average Bonchev–Trinajstić information content (AvgIpc) is 3.46. The van der Waals surface area contributed by atoms with E-state index in [-0.39, 0.29) is 12.1 Å². The number of pyridine rings is 2. The second-order valence-electron chi connectivity index (χ2n) is 7.81. The van der Waals surface area contributed by atoms with Gasteiger partial charge in [-0.15, -0.1) is 0 Å². The van der Waals surface area contributed by atoms with Gasteiger partial charge in [-0.25, -0.2) is 4.98 Å². The second-order valence-corrected chi connectivity index (χ2v) is 8.80. The molecular weight excluding hydrogens is 489 g/mol. The van der Waals surface area contributed by atoms with Gasteiger partial charge in [0.2, 0.25) is 0 Å². The molecule has 174 valence electrons. The summed E-state index contributed by atoms with van der Waals surface area (Å²) in [6, 6.07) is 7.58. The van der Waals surface area contributed by atoms with Crippen molar-refractivity contribution in [3.05, 3.63) is 80.7 Å². The quantitative estimate of drug-likeness (QED) is 0.321. The molecular formula is C23H16ClF3N4O2S. The van der Waals surface area contributed by atoms with Crippen LogP contribution in [0, 0.1) is 6.92 Å². The molecule has 0 spiro atoms. The van der Waals surface area contributed by atoms with E-state index in [2.05, 4.69) is 14.3 Å². The van der Waals surface area contributed by atoms with Gasteiger partial charge < -0.3 is 9.64 Å². The maximum atomic E-state index is 13.4. The number of aromatic nitrogens is 3. The number of amides is 1. The molecule has 1 aliphatic heterocycles. The molecule has 0 fully saturated rings. The first kappa shape index (κ1) is 22.7. The molecule has 1 amide bonds. The third-order valence-electron chi connectivity index (χ3n) is 5.61. The van der Waals surface area contributed by atoms with Gasteiger partial charge in [0, 0.05) is 22.5 Å². The van der Waals surface area contributed by atoms with Crippen LogP contribution in [-0.2, 0) is 30.7 Å². The SMILES string of the molecule is Cc1nscc1N(Cc1ccc2c3c(c(Cl)nc2c1)COC3)C(=O)c1ccc(C(F)(F)F)nc1. The van der Waals surface area contributed by atoms with Crippen LogP contribution in [-0.4, -0.2) is 20.2 Å². The molecule has 3 aromatic heterocycles. The molecule has 1 aromatic carbocycles. The monoisotopic (exact) mass is 504 g/mol. The topological polar surface area (TPSA) is 68.2 Å². The Hall–Kier alpha value is -3.08. The van der Waals surface area contributed by atoms with Crippen molar-refractivity contribution in [2.45, 2.75) is 32.9 Å². The van der Waals surface area contributed by atoms with Crippen LogP contribution in [0.1, 0.15) is 38.4 Å². The molecule has 0 bridgehead atoms. The Morgan fingerprint density at radius 1 is 1.21 bits per heavy atom. The van der Waals surface area contributed by atoms with Crippen molar-refractivity contribution in [2.75, 3.05) is 4.90 Å². The van der Waals surface area contributed by atoms with E-state index in [9.17, 15) is 18.0 Å². The van der Waals surface area contributed by atoms with Crippen LogP contribution in [0.25, 0.3) is 10.9 Å². The predicted molar refractivity (Wildman–Crippen MR) is 122 cm³/mol. The van der Waals surface area contributed by atoms with Crippen LogP contribution >= 0.6 is 23.1 Å². The van der Waals surface area contributed by atoms with E-state index in [1.54, 1.807) is 12.3 Å². The molecule has 1 aliphatic rings. The normalized spacial score (nSPS) is 13.3. The number of carbonyl (C=O) groups excluding carboxylic acids is 1. The first-order valence-electron chi connectivity index (χ1n) is 10.2. The molecule has 0 N–H and O–H groups in total. The molecule has 11 heteroatoms. The average molecular weight is 505 g/mol. The molecule has 0 saturated heterocycles. The van der Waals surface area contributed by atoms with E-state index >= 15 is 0 Å². The minimum absolute atomic E-state index is 0.0375. The van der Waals surface area contributed by atoms with Crippen molar-refractivity contribution >= 4 is 45.6 Å². The zero-order valence-electron chi connectivity index (χ0n) is 17.7. The van der Waals surface area contributed by atoms with Crippen LogP contribution in [0.3, 0.4) is 0 Å². The number of nitrogens with zero attached hydrogens (tertiary/aromatic N) is 4. The molecule has 4 heterocycles. The largest absolute Gasteiger partial charge is 0.433 e. The molecule has 0 unspecified atom stereocenters. The highest BCUT2D eigenvalue weighted by atomic mass is 35.5. The van der Waals surface area contributed by atoms with Crippen LogP contribution < -0.4 is 4.90 Å². The first-order valence-corrected chi connectivity index (χ1v) is 11.4. The summed E-state index contributed by atoms with van der Waals surface area (Å²) in [5.74, 6) is -0.488. The van der Waals surface area contributed by atoms with Crippen molar-refractivity contribution < 1.29 is 22.7 Å². The number of hydrogen-bond donors (Lipinski definition) is 0. The number of fused-ring (bicyclic) bond motifs is 3. The van der Waals surface area contributed by atoms with Crippen molar-refractivity contribution in [1.82, 2.24) is 14.3 Å². The number of rotatable bonds is 4. The van der Waals surface area contributed by atoms with Crippen LogP contribution in [0.2, 0.25) is 5.15 Å². The number of alkyl halides is 3. The number of hydrogen-bond acceptors (Lipinski definition) is 6. The Bertz CT molecular complexity index is 1410. The van der Waals surface area contributed by atoms with Gasteiger partial charge in [0.25, 0.3) is 5.91 Å². The lowest BCUT2D eigenvalue weighted by Gasteiger charge is -2.23. The number of halogens is 4. The van der Waals surface area contributed by atoms with Gasteiger partial charge in [0.1, 0.15) is 10.8 Å². The van der Waals surface area contributed by atoms with Gasteiger partial charge in [-0.2, -0.15) is 17.5 Å². The zero-order valence-corrected chi connectivity index (χ0v) is 19.3. The van der Waals surface area contributed by atoms with Gasteiger partial charge >= 0.3 is 6.18 Å². The van der Waals surface area contributed by atoms with E-state index in [1.165, 1.54) is 16.4 Å². The van der Waals surface area contributed by atoms with Gasteiger partial charge in [0.05, 0.1) is 42.2 Å². The number of aryl methyl sites for hydroxylation is 1. The fourth-order valence-corrected chi connectivity index (χ4v) is 4.85. The minimum atomic E-state index is -4.58. The Balaban J connectivity index is 1.51. The standard InChI is InChI=1S/C23H16ClF3N4O2S/c1-12-19(11-34-30-12)31(22(32)14-3-5-20(28-7-14)23(25,26)27)8-13-2-4-15-16-9-33-10-17(16)21(24)29-18(15)6-13/h2-7,11H,8-10H2,1H3. The number of benzene rings is 1. The third-order valence-corrected chi connectivity index (χ3v) is 6.63. The third kappa shape index (κ3) is 4.13. The summed E-state index contributed by atoms with van der Waals surface area (Å²) in [6.07, 6.45) is -3.64. The van der Waals surface area contributed by atoms with Crippen LogP contribution in [0.15, 0.2) is 41.9 Å². The zero-order chi connectivity index (χ0) is 24.0. The lowest BCUT2D eigenvalue weighted by molar-refractivity contribution is -0.141. The van der Waals surface area contributed by atoms with E-state index in [0.717, 1.165) is 40.4 Å². The Morgan fingerprint density at radius 2 is 2.00 bits per heavy atom. The maximum absolute atomic E-state index is 13.4. The minimum Gasteiger partial charge on any atom is -0.372 e. The van der Waals surface area contributed by atoms with E-state index in [0.29, 0.717) is 35.3 Å². The molecule has 0 atom stereocenters. The summed E-state index contributed by atoms with van der Waals surface area (Å²) in [4.78, 5) is 22.7. The number of carbonyl (C=O) groups is 1. The van der Waals surface area contributed by atoms with Crippen molar-refractivity contribution in [3.8, 4) is 0 Å². The fourth-order valence-electron chi connectivity index (χ4n) is 3.89. The Morgan fingerprint density at radius 3 is 2.68 bits per heavy atom. The highest BCUT2D eigenvalue weighted by molar-refractivity contribution is 7.04. The summed E-state index contributed by atoms with van der Waals surface area (Å²) >= 11 is 7.52. The molecule has 0 aliphatic carbocycles. The molecule has 4 aromatic rings. The predicted octanol–water partition coefficient (Wildman–Crippen LogP) is 5.94. The van der Waals surface area contributed by atoms with Crippen molar-refractivity contribution in [1.29, 1.82) is 0 Å². The molecule has 5 rings (SSSR count). The highest BCUT2D eigenvalue weighted by Crippen LogP contribution is 2.33. The van der Waals surface area contributed by atoms with E-state index in [4.69, 9.17) is 16.3 Å². The van der Waals surface area contributed by atoms with Gasteiger partial charge in [-0.3, -0.25) is 9.78 Å². The Labute approximate surface area is 201 Å². The molecule has 0 radical (unpaired) electrons. The van der Waals surface area contributed by atoms with Crippen molar-refractivity contribution in [3.63, 3.8) is 0 Å². The highest BCUT2D eigenvalue weighted by Gasteiger charge is 2.32. The van der Waals surface area contributed by atoms with Crippen LogP contribution in [0.5, 0.6) is 0 Å². The Kier molecular flexibility index (Phi) is 5.75. The molecule has 34 heavy (non-hydrogen) atoms. The lowest BCUT2D eigenvalue weighted by atomic mass is 10.0. The van der Waals surface area contributed by atoms with E-state index in [1.807, 2.05) is 18.2 Å². The van der Waals surface area contributed by atoms with Gasteiger partial charge in [-0.05, 0) is 47.8 Å². The lowest BCUT2D eigenvalue weighted by Crippen LogP contribution is -2.31. The summed E-state index contributed by atoms with van der Waals surface area (Å²) in [7, 11) is 0. The second kappa shape index (κ2) is 8.61. The van der Waals surface area contributed by atoms with Crippen molar-refractivity contribution in [2.24, 2.45) is 0 Å². The molecule has 6 nitrogen and oxygen atoms in total. The van der Waals surface area contributed by atoms with Crippen LogP contribution in [0.4, 0.5) is 18.9 Å². The van der Waals surface area contributed by atoms with E-state index < -0.39 is 17.8 Å². The summed E-state index contributed by atoms with van der Waals surface area (Å²) in [6.45, 7) is 2.80. The summed E-state index contributed by atoms with van der Waals surface area (Å²) < 4.78 is 48.4. The number of ether oxygens (including phenoxy) is 1. The molecule has 0 saturated carbocycles. The van der Waals surface area contributed by atoms with Gasteiger partial charge in [-0.1, -0.05) is 23.7 Å². The number of anilines is 1. The summed E-state index contributed by atoms with van der Waals surface area (Å²) in [5, 5.41) is 3.04.